The number of hydrogen-bond donors (Lipinski definition) is 1. The van der Waals surface area contributed by atoms with Crippen molar-refractivity contribution in [2.75, 3.05) is 52.6 Å². The Balaban J connectivity index is 4.51. The Morgan fingerprint density at radius 3 is 1.25 bits per heavy atom. The minimum absolute atomic E-state index is 0.0133. The number of unbranched alkanes of at least 4 members (excludes halogenated alkanes) is 10. The molecule has 0 fully saturated rings. The maximum atomic E-state index is 12.7. The fourth-order valence-corrected chi connectivity index (χ4v) is 6.29. The molecule has 0 aromatic rings. The van der Waals surface area contributed by atoms with Crippen molar-refractivity contribution in [3.05, 3.63) is 0 Å². The molecule has 11 nitrogen and oxygen atoms in total. The summed E-state index contributed by atoms with van der Waals surface area (Å²) in [5.74, 6) is -0.893. The Bertz CT molecular complexity index is 913. The second kappa shape index (κ2) is 38.2. The SMILES string of the molecule is CCCCCCC(CCCC)C(=O)OCCCCOC(=O)CCN(CCCNC(=O)CC)CCC(=O)OCCCCOC(=O)C(CCCC)CCCCCC. The average Bonchev–Trinajstić information content (AvgIpc) is 3.18. The number of carbonyl (C=O) groups is 5. The summed E-state index contributed by atoms with van der Waals surface area (Å²) in [6.45, 7) is 13.6. The highest BCUT2D eigenvalue weighted by Gasteiger charge is 2.20. The quantitative estimate of drug-likeness (QED) is 0.0365. The van der Waals surface area contributed by atoms with Crippen molar-refractivity contribution < 1.29 is 42.9 Å². The molecular formula is C44H82N2O9. The van der Waals surface area contributed by atoms with E-state index in [1.807, 2.05) is 4.90 Å². The van der Waals surface area contributed by atoms with Gasteiger partial charge in [0.15, 0.2) is 0 Å². The Hall–Kier alpha value is -2.69. The molecule has 0 aromatic heterocycles. The first-order valence-corrected chi connectivity index (χ1v) is 22.4. The van der Waals surface area contributed by atoms with E-state index in [1.54, 1.807) is 6.92 Å². The molecule has 2 unspecified atom stereocenters. The predicted molar refractivity (Wildman–Crippen MR) is 219 cm³/mol. The van der Waals surface area contributed by atoms with Crippen molar-refractivity contribution in [2.45, 2.75) is 189 Å². The van der Waals surface area contributed by atoms with Crippen LogP contribution in [0, 0.1) is 11.8 Å². The van der Waals surface area contributed by atoms with E-state index < -0.39 is 0 Å². The molecule has 0 saturated carbocycles. The van der Waals surface area contributed by atoms with Gasteiger partial charge in [0, 0.05) is 26.1 Å². The minimum Gasteiger partial charge on any atom is -0.466 e. The molecule has 0 aliphatic rings. The number of nitrogens with zero attached hydrogens (tertiary/aromatic N) is 1. The van der Waals surface area contributed by atoms with Crippen LogP contribution in [0.3, 0.4) is 0 Å². The van der Waals surface area contributed by atoms with Gasteiger partial charge in [0.25, 0.3) is 0 Å². The molecule has 0 saturated heterocycles. The van der Waals surface area contributed by atoms with Crippen molar-refractivity contribution in [3.8, 4) is 0 Å². The van der Waals surface area contributed by atoms with Gasteiger partial charge in [-0.15, -0.1) is 0 Å². The number of carbonyl (C=O) groups excluding carboxylic acids is 5. The van der Waals surface area contributed by atoms with Crippen molar-refractivity contribution in [2.24, 2.45) is 11.8 Å². The standard InChI is InChI=1S/C44H82N2O9/c1-6-11-15-17-26-38(24-13-8-3)43(50)54-36-21-19-34-52-41(48)28-32-46(31-23-30-45-40(47)10-5)33-29-42(49)53-35-20-22-37-55-44(51)39(25-14-9-4)27-18-16-12-7-2/h38-39H,6-37H2,1-5H3,(H,45,47). The van der Waals surface area contributed by atoms with Crippen molar-refractivity contribution in [3.63, 3.8) is 0 Å². The summed E-state index contributed by atoms with van der Waals surface area (Å²) in [5, 5.41) is 2.87. The van der Waals surface area contributed by atoms with E-state index in [-0.39, 0.29) is 67.7 Å². The maximum absolute atomic E-state index is 12.7. The smallest absolute Gasteiger partial charge is 0.308 e. The van der Waals surface area contributed by atoms with Crippen LogP contribution >= 0.6 is 0 Å². The largest absolute Gasteiger partial charge is 0.466 e. The van der Waals surface area contributed by atoms with Gasteiger partial charge in [0.2, 0.25) is 5.91 Å². The van der Waals surface area contributed by atoms with E-state index in [2.05, 4.69) is 33.0 Å². The van der Waals surface area contributed by atoms with Crippen LogP contribution in [0.15, 0.2) is 0 Å². The van der Waals surface area contributed by atoms with Crippen LogP contribution in [0.2, 0.25) is 0 Å². The molecule has 0 spiro atoms. The Morgan fingerprint density at radius 2 is 0.855 bits per heavy atom. The monoisotopic (exact) mass is 783 g/mol. The molecule has 0 heterocycles. The van der Waals surface area contributed by atoms with Gasteiger partial charge in [-0.1, -0.05) is 112 Å². The molecule has 2 atom stereocenters. The third-order valence-electron chi connectivity index (χ3n) is 9.94. The lowest BCUT2D eigenvalue weighted by molar-refractivity contribution is -0.150. The summed E-state index contributed by atoms with van der Waals surface area (Å²) in [4.78, 5) is 64.0. The highest BCUT2D eigenvalue weighted by Crippen LogP contribution is 2.20. The first kappa shape index (κ1) is 52.3. The molecule has 0 radical (unpaired) electrons. The van der Waals surface area contributed by atoms with Gasteiger partial charge >= 0.3 is 23.9 Å². The lowest BCUT2D eigenvalue weighted by Crippen LogP contribution is -2.33. The fraction of sp³-hybridized carbons (Fsp3) is 0.886. The predicted octanol–water partition coefficient (Wildman–Crippen LogP) is 9.27. The molecule has 11 heteroatoms. The Morgan fingerprint density at radius 1 is 0.455 bits per heavy atom. The van der Waals surface area contributed by atoms with E-state index in [4.69, 9.17) is 18.9 Å². The Labute approximate surface area is 335 Å². The van der Waals surface area contributed by atoms with Crippen molar-refractivity contribution >= 4 is 29.8 Å². The third-order valence-corrected chi connectivity index (χ3v) is 9.94. The molecule has 1 amide bonds. The third kappa shape index (κ3) is 32.1. The topological polar surface area (TPSA) is 138 Å². The second-order valence-corrected chi connectivity index (χ2v) is 15.0. The zero-order valence-corrected chi connectivity index (χ0v) is 35.9. The van der Waals surface area contributed by atoms with Gasteiger partial charge in [-0.3, -0.25) is 24.0 Å². The molecule has 55 heavy (non-hydrogen) atoms. The van der Waals surface area contributed by atoms with Gasteiger partial charge < -0.3 is 29.2 Å². The second-order valence-electron chi connectivity index (χ2n) is 15.0. The van der Waals surface area contributed by atoms with Gasteiger partial charge in [-0.2, -0.15) is 0 Å². The number of esters is 4. The fourth-order valence-electron chi connectivity index (χ4n) is 6.29. The van der Waals surface area contributed by atoms with Crippen molar-refractivity contribution in [1.82, 2.24) is 10.2 Å². The highest BCUT2D eigenvalue weighted by molar-refractivity contribution is 5.75. The lowest BCUT2D eigenvalue weighted by atomic mass is 9.95. The molecule has 0 bridgehead atoms. The van der Waals surface area contributed by atoms with Crippen molar-refractivity contribution in [1.29, 1.82) is 0 Å². The molecule has 1 N–H and O–H groups in total. The van der Waals surface area contributed by atoms with E-state index >= 15 is 0 Å². The summed E-state index contributed by atoms with van der Waals surface area (Å²) in [6.07, 6.45) is 20.8. The molecule has 0 aliphatic heterocycles. The van der Waals surface area contributed by atoms with Gasteiger partial charge in [0.1, 0.15) is 0 Å². The maximum Gasteiger partial charge on any atom is 0.308 e. The normalized spacial score (nSPS) is 12.3. The van der Waals surface area contributed by atoms with E-state index in [9.17, 15) is 24.0 Å². The highest BCUT2D eigenvalue weighted by atomic mass is 16.5. The summed E-state index contributed by atoms with van der Waals surface area (Å²) < 4.78 is 22.0. The van der Waals surface area contributed by atoms with E-state index in [0.29, 0.717) is 77.9 Å². The van der Waals surface area contributed by atoms with Gasteiger partial charge in [-0.25, -0.2) is 0 Å². The number of ether oxygens (including phenoxy) is 4. The average molecular weight is 783 g/mol. The Kier molecular flexibility index (Phi) is 36.3. The molecule has 0 aliphatic carbocycles. The number of amides is 1. The summed E-state index contributed by atoms with van der Waals surface area (Å²) in [5.41, 5.74) is 0. The number of hydrogen-bond acceptors (Lipinski definition) is 10. The molecule has 322 valence electrons. The zero-order chi connectivity index (χ0) is 40.8. The number of nitrogens with one attached hydrogen (secondary N) is 1. The summed E-state index contributed by atoms with van der Waals surface area (Å²) in [6, 6.07) is 0. The van der Waals surface area contributed by atoms with Crippen LogP contribution in [0.25, 0.3) is 0 Å². The van der Waals surface area contributed by atoms with E-state index in [1.165, 1.54) is 25.7 Å². The first-order valence-electron chi connectivity index (χ1n) is 22.4. The zero-order valence-electron chi connectivity index (χ0n) is 35.9. The van der Waals surface area contributed by atoms with Crippen LogP contribution in [0.4, 0.5) is 0 Å². The summed E-state index contributed by atoms with van der Waals surface area (Å²) >= 11 is 0. The number of rotatable bonds is 39. The van der Waals surface area contributed by atoms with Crippen LogP contribution in [-0.2, 0) is 42.9 Å². The van der Waals surface area contributed by atoms with Crippen LogP contribution in [0.5, 0.6) is 0 Å². The van der Waals surface area contributed by atoms with Crippen LogP contribution < -0.4 is 5.32 Å². The van der Waals surface area contributed by atoms with Gasteiger partial charge in [-0.05, 0) is 64.3 Å². The molecule has 0 aromatic carbocycles. The first-order chi connectivity index (χ1) is 26.7. The minimum atomic E-state index is -0.315. The van der Waals surface area contributed by atoms with Gasteiger partial charge in [0.05, 0.1) is 51.1 Å². The lowest BCUT2D eigenvalue weighted by Gasteiger charge is -2.21. The van der Waals surface area contributed by atoms with Crippen LogP contribution in [0.1, 0.15) is 189 Å². The molecule has 0 rings (SSSR count). The van der Waals surface area contributed by atoms with E-state index in [0.717, 1.165) is 77.0 Å². The molecular weight excluding hydrogens is 700 g/mol. The summed E-state index contributed by atoms with van der Waals surface area (Å²) in [7, 11) is 0. The van der Waals surface area contributed by atoms with Crippen LogP contribution in [-0.4, -0.2) is 87.3 Å².